The minimum Gasteiger partial charge on any atom is -0.378 e. The highest BCUT2D eigenvalue weighted by Crippen LogP contribution is 2.40. The largest absolute Gasteiger partial charge is 0.378 e. The number of ether oxygens (including phenoxy) is 1. The molecule has 33 heavy (non-hydrogen) atoms. The lowest BCUT2D eigenvalue weighted by Crippen LogP contribution is -2.41. The summed E-state index contributed by atoms with van der Waals surface area (Å²) in [5.41, 5.74) is 1.92. The van der Waals surface area contributed by atoms with Crippen LogP contribution in [0.5, 0.6) is 0 Å². The molecule has 0 radical (unpaired) electrons. The van der Waals surface area contributed by atoms with E-state index in [0.29, 0.717) is 48.8 Å². The number of benzene rings is 2. The lowest BCUT2D eigenvalue weighted by atomic mass is 10.0. The Labute approximate surface area is 191 Å². The van der Waals surface area contributed by atoms with Crippen molar-refractivity contribution in [2.45, 2.75) is 15.5 Å². The summed E-state index contributed by atoms with van der Waals surface area (Å²) in [6, 6.07) is 12.7. The van der Waals surface area contributed by atoms with Gasteiger partial charge in [-0.2, -0.15) is 5.10 Å². The van der Waals surface area contributed by atoms with Gasteiger partial charge in [0.1, 0.15) is 0 Å². The van der Waals surface area contributed by atoms with Gasteiger partial charge >= 0.3 is 0 Å². The SMILES string of the molecule is CS(=O)(=O)c1ccc(-n2nc(C(=O)N3CCOCC3)c3c2-c2ccccc2S(=O)(=O)C3)cc1. The van der Waals surface area contributed by atoms with Crippen LogP contribution in [0.1, 0.15) is 16.1 Å². The van der Waals surface area contributed by atoms with E-state index >= 15 is 0 Å². The highest BCUT2D eigenvalue weighted by Gasteiger charge is 2.37. The summed E-state index contributed by atoms with van der Waals surface area (Å²) < 4.78 is 56.7. The van der Waals surface area contributed by atoms with Crippen LogP contribution in [-0.4, -0.2) is 70.0 Å². The van der Waals surface area contributed by atoms with Crippen molar-refractivity contribution in [1.29, 1.82) is 0 Å². The van der Waals surface area contributed by atoms with Crippen molar-refractivity contribution >= 4 is 25.6 Å². The van der Waals surface area contributed by atoms with Crippen molar-refractivity contribution in [3.8, 4) is 16.9 Å². The summed E-state index contributed by atoms with van der Waals surface area (Å²) in [6.45, 7) is 1.60. The molecule has 1 amide bonds. The summed E-state index contributed by atoms with van der Waals surface area (Å²) in [5.74, 6) is -0.692. The highest BCUT2D eigenvalue weighted by molar-refractivity contribution is 7.91. The molecule has 0 N–H and O–H groups in total. The van der Waals surface area contributed by atoms with Crippen molar-refractivity contribution in [1.82, 2.24) is 14.7 Å². The molecule has 3 aromatic rings. The maximum Gasteiger partial charge on any atom is 0.274 e. The van der Waals surface area contributed by atoms with E-state index < -0.39 is 19.7 Å². The van der Waals surface area contributed by atoms with Gasteiger partial charge in [-0.05, 0) is 30.3 Å². The molecule has 1 saturated heterocycles. The number of carbonyl (C=O) groups is 1. The van der Waals surface area contributed by atoms with E-state index in [2.05, 4.69) is 5.10 Å². The van der Waals surface area contributed by atoms with Crippen molar-refractivity contribution in [2.24, 2.45) is 0 Å². The van der Waals surface area contributed by atoms with Gasteiger partial charge in [0.2, 0.25) is 0 Å². The maximum atomic E-state index is 13.3. The van der Waals surface area contributed by atoms with Crippen LogP contribution < -0.4 is 0 Å². The van der Waals surface area contributed by atoms with E-state index in [0.717, 1.165) is 6.26 Å². The van der Waals surface area contributed by atoms with E-state index in [-0.39, 0.29) is 27.1 Å². The van der Waals surface area contributed by atoms with Gasteiger partial charge in [0.15, 0.2) is 25.4 Å². The van der Waals surface area contributed by atoms with Crippen LogP contribution in [-0.2, 0) is 30.2 Å². The molecule has 172 valence electrons. The average molecular weight is 488 g/mol. The quantitative estimate of drug-likeness (QED) is 0.552. The van der Waals surface area contributed by atoms with Gasteiger partial charge in [-0.3, -0.25) is 4.79 Å². The first kappa shape index (κ1) is 21.8. The molecule has 0 unspecified atom stereocenters. The van der Waals surface area contributed by atoms with Crippen LogP contribution in [0.2, 0.25) is 0 Å². The van der Waals surface area contributed by atoms with E-state index in [1.54, 1.807) is 41.3 Å². The minimum atomic E-state index is -3.67. The van der Waals surface area contributed by atoms with E-state index in [1.165, 1.54) is 16.8 Å². The molecule has 2 aromatic carbocycles. The molecule has 0 saturated carbocycles. The number of hydrogen-bond donors (Lipinski definition) is 0. The van der Waals surface area contributed by atoms with Crippen molar-refractivity contribution in [3.63, 3.8) is 0 Å². The zero-order valence-corrected chi connectivity index (χ0v) is 19.4. The second kappa shape index (κ2) is 7.79. The third-order valence-electron chi connectivity index (χ3n) is 5.81. The fourth-order valence-electron chi connectivity index (χ4n) is 4.17. The molecule has 1 aromatic heterocycles. The Morgan fingerprint density at radius 1 is 1.03 bits per heavy atom. The zero-order valence-electron chi connectivity index (χ0n) is 17.8. The third-order valence-corrected chi connectivity index (χ3v) is 8.63. The van der Waals surface area contributed by atoms with E-state index in [4.69, 9.17) is 4.74 Å². The first-order chi connectivity index (χ1) is 15.7. The summed E-state index contributed by atoms with van der Waals surface area (Å²) >= 11 is 0. The number of rotatable bonds is 3. The van der Waals surface area contributed by atoms with Gasteiger partial charge in [0.05, 0.1) is 40.1 Å². The van der Waals surface area contributed by atoms with Gasteiger partial charge < -0.3 is 9.64 Å². The highest BCUT2D eigenvalue weighted by atomic mass is 32.2. The summed E-state index contributed by atoms with van der Waals surface area (Å²) in [4.78, 5) is 15.3. The van der Waals surface area contributed by atoms with Crippen molar-refractivity contribution in [2.75, 3.05) is 32.6 Å². The molecule has 0 aliphatic carbocycles. The maximum absolute atomic E-state index is 13.3. The van der Waals surface area contributed by atoms with Crippen molar-refractivity contribution < 1.29 is 26.4 Å². The number of fused-ring (bicyclic) bond motifs is 3. The smallest absolute Gasteiger partial charge is 0.274 e. The first-order valence-corrected chi connectivity index (χ1v) is 13.8. The Hall–Kier alpha value is -3.02. The van der Waals surface area contributed by atoms with Gasteiger partial charge in [-0.15, -0.1) is 0 Å². The van der Waals surface area contributed by atoms with Crippen LogP contribution in [0.4, 0.5) is 0 Å². The monoisotopic (exact) mass is 487 g/mol. The van der Waals surface area contributed by atoms with Crippen LogP contribution in [0, 0.1) is 0 Å². The molecule has 2 aliphatic rings. The van der Waals surface area contributed by atoms with E-state index in [9.17, 15) is 21.6 Å². The average Bonchev–Trinajstić information content (AvgIpc) is 3.17. The van der Waals surface area contributed by atoms with Gasteiger partial charge in [-0.1, -0.05) is 18.2 Å². The number of morpholine rings is 1. The topological polar surface area (TPSA) is 116 Å². The molecule has 5 rings (SSSR count). The molecule has 0 bridgehead atoms. The molecule has 0 spiro atoms. The summed E-state index contributed by atoms with van der Waals surface area (Å²) in [7, 11) is -7.05. The number of hydrogen-bond acceptors (Lipinski definition) is 7. The standard InChI is InChI=1S/C22H21N3O6S2/c1-32(27,28)16-8-6-15(7-9-16)25-21-17-4-2-3-5-19(17)33(29,30)14-18(21)20(23-25)22(26)24-10-12-31-13-11-24/h2-9H,10-14H2,1H3. The fraction of sp³-hybridized carbons (Fsp3) is 0.273. The molecular formula is C22H21N3O6S2. The molecule has 0 atom stereocenters. The number of carbonyl (C=O) groups excluding carboxylic acids is 1. The minimum absolute atomic E-state index is 0.0807. The molecular weight excluding hydrogens is 466 g/mol. The summed E-state index contributed by atoms with van der Waals surface area (Å²) in [5, 5.41) is 4.56. The Balaban J connectivity index is 1.73. The Kier molecular flexibility index (Phi) is 5.15. The second-order valence-corrected chi connectivity index (χ2v) is 12.0. The summed E-state index contributed by atoms with van der Waals surface area (Å²) in [6.07, 6.45) is 1.12. The number of amides is 1. The number of sulfone groups is 2. The molecule has 3 heterocycles. The lowest BCUT2D eigenvalue weighted by molar-refractivity contribution is 0.0298. The normalized spacial score (nSPS) is 17.3. The molecule has 1 fully saturated rings. The first-order valence-electron chi connectivity index (χ1n) is 10.3. The Morgan fingerprint density at radius 2 is 1.70 bits per heavy atom. The van der Waals surface area contributed by atoms with Crippen LogP contribution in [0.3, 0.4) is 0 Å². The van der Waals surface area contributed by atoms with E-state index in [1.807, 2.05) is 0 Å². The van der Waals surface area contributed by atoms with Gasteiger partial charge in [0, 0.05) is 30.5 Å². The molecule has 2 aliphatic heterocycles. The zero-order chi connectivity index (χ0) is 23.4. The second-order valence-electron chi connectivity index (χ2n) is 8.01. The van der Waals surface area contributed by atoms with Crippen LogP contribution >= 0.6 is 0 Å². The predicted octanol–water partition coefficient (Wildman–Crippen LogP) is 1.70. The number of nitrogens with zero attached hydrogens (tertiary/aromatic N) is 3. The number of aromatic nitrogens is 2. The van der Waals surface area contributed by atoms with Crippen LogP contribution in [0.15, 0.2) is 58.3 Å². The fourth-order valence-corrected chi connectivity index (χ4v) is 6.40. The van der Waals surface area contributed by atoms with Crippen LogP contribution in [0.25, 0.3) is 16.9 Å². The van der Waals surface area contributed by atoms with Crippen molar-refractivity contribution in [3.05, 3.63) is 59.8 Å². The predicted molar refractivity (Wildman–Crippen MR) is 120 cm³/mol. The third kappa shape index (κ3) is 3.75. The Morgan fingerprint density at radius 3 is 2.36 bits per heavy atom. The Bertz CT molecular complexity index is 1470. The molecule has 11 heteroatoms. The lowest BCUT2D eigenvalue weighted by Gasteiger charge is -2.26. The van der Waals surface area contributed by atoms with Gasteiger partial charge in [-0.25, -0.2) is 21.5 Å². The van der Waals surface area contributed by atoms with Gasteiger partial charge in [0.25, 0.3) is 5.91 Å². The molecule has 9 nitrogen and oxygen atoms in total.